The third-order valence-corrected chi connectivity index (χ3v) is 4.06. The Morgan fingerprint density at radius 2 is 2.07 bits per heavy atom. The van der Waals surface area contributed by atoms with Gasteiger partial charge in [0.25, 0.3) is 0 Å². The summed E-state index contributed by atoms with van der Waals surface area (Å²) in [5, 5.41) is 3.01. The molecule has 0 saturated heterocycles. The van der Waals surface area contributed by atoms with Crippen LogP contribution in [0.2, 0.25) is 0 Å². The van der Waals surface area contributed by atoms with Crippen molar-refractivity contribution in [2.45, 2.75) is 45.0 Å². The average molecular weight is 217 g/mol. The van der Waals surface area contributed by atoms with Crippen LogP contribution >= 0.6 is 0 Å². The third-order valence-electron chi connectivity index (χ3n) is 4.06. The predicted octanol–water partition coefficient (Wildman–Crippen LogP) is 2.71. The summed E-state index contributed by atoms with van der Waals surface area (Å²) in [6, 6.07) is 0. The van der Waals surface area contributed by atoms with Crippen LogP contribution in [0.5, 0.6) is 0 Å². The molecule has 2 fully saturated rings. The first kappa shape index (κ1) is 11.3. The summed E-state index contributed by atoms with van der Waals surface area (Å²) in [7, 11) is 1.81. The van der Waals surface area contributed by atoms with Crippen molar-refractivity contribution >= 4 is 0 Å². The fraction of sp³-hybridized carbons (Fsp3) is 1.00. The minimum atomic E-state index is -1.19. The van der Waals surface area contributed by atoms with Crippen LogP contribution in [0.4, 0.5) is 8.78 Å². The number of halogens is 2. The Kier molecular flexibility index (Phi) is 2.57. The van der Waals surface area contributed by atoms with Gasteiger partial charge in [-0.1, -0.05) is 6.92 Å². The van der Waals surface area contributed by atoms with Gasteiger partial charge < -0.3 is 5.32 Å². The summed E-state index contributed by atoms with van der Waals surface area (Å²) < 4.78 is 28.5. The van der Waals surface area contributed by atoms with Gasteiger partial charge in [0.1, 0.15) is 11.8 Å². The maximum absolute atomic E-state index is 14.3. The second-order valence-electron chi connectivity index (χ2n) is 6.04. The minimum absolute atomic E-state index is 0.126. The Labute approximate surface area is 90.6 Å². The van der Waals surface area contributed by atoms with Gasteiger partial charge in [0.2, 0.25) is 0 Å². The summed E-state index contributed by atoms with van der Waals surface area (Å²) in [6.45, 7) is 4.08. The SMILES string of the molecule is CNCC1(C)C[C@](C)(F)CC2CC2[C@@H]1F. The molecule has 0 heterocycles. The van der Waals surface area contributed by atoms with Crippen molar-refractivity contribution in [1.82, 2.24) is 5.32 Å². The van der Waals surface area contributed by atoms with Crippen molar-refractivity contribution in [3.8, 4) is 0 Å². The molecule has 2 rings (SSSR count). The maximum atomic E-state index is 14.3. The van der Waals surface area contributed by atoms with Gasteiger partial charge in [0.15, 0.2) is 0 Å². The second-order valence-corrected chi connectivity index (χ2v) is 6.04. The van der Waals surface area contributed by atoms with Crippen LogP contribution in [0.3, 0.4) is 0 Å². The molecule has 2 saturated carbocycles. The lowest BCUT2D eigenvalue weighted by atomic mass is 9.76. The van der Waals surface area contributed by atoms with Crippen molar-refractivity contribution < 1.29 is 8.78 Å². The van der Waals surface area contributed by atoms with Crippen LogP contribution in [-0.4, -0.2) is 25.4 Å². The molecule has 3 unspecified atom stereocenters. The Morgan fingerprint density at radius 1 is 1.40 bits per heavy atom. The molecular formula is C12H21F2N. The minimum Gasteiger partial charge on any atom is -0.319 e. The van der Waals surface area contributed by atoms with Crippen LogP contribution in [0.1, 0.15) is 33.1 Å². The summed E-state index contributed by atoms with van der Waals surface area (Å²) >= 11 is 0. The number of fused-ring (bicyclic) bond motifs is 1. The summed E-state index contributed by atoms with van der Waals surface area (Å²) in [6.07, 6.45) is 0.944. The smallest absolute Gasteiger partial charge is 0.110 e. The molecule has 1 N–H and O–H groups in total. The van der Waals surface area contributed by atoms with E-state index in [1.807, 2.05) is 14.0 Å². The zero-order valence-electron chi connectivity index (χ0n) is 9.82. The molecule has 1 nitrogen and oxygen atoms in total. The summed E-state index contributed by atoms with van der Waals surface area (Å²) in [5.74, 6) is 0.426. The third kappa shape index (κ3) is 2.03. The lowest BCUT2D eigenvalue weighted by Gasteiger charge is -2.36. The molecule has 0 amide bonds. The lowest BCUT2D eigenvalue weighted by molar-refractivity contribution is 0.0422. The van der Waals surface area contributed by atoms with Gasteiger partial charge in [0.05, 0.1) is 0 Å². The van der Waals surface area contributed by atoms with Crippen molar-refractivity contribution in [2.75, 3.05) is 13.6 Å². The number of rotatable bonds is 2. The van der Waals surface area contributed by atoms with Gasteiger partial charge in [-0.05, 0) is 45.1 Å². The first-order valence-electron chi connectivity index (χ1n) is 5.86. The van der Waals surface area contributed by atoms with E-state index in [4.69, 9.17) is 0 Å². The average Bonchev–Trinajstić information content (AvgIpc) is 2.79. The fourth-order valence-electron chi connectivity index (χ4n) is 3.50. The van der Waals surface area contributed by atoms with E-state index < -0.39 is 17.3 Å². The molecule has 3 heteroatoms. The number of hydrogen-bond donors (Lipinski definition) is 1. The molecule has 2 aliphatic rings. The molecule has 15 heavy (non-hydrogen) atoms. The Hall–Kier alpha value is -0.180. The van der Waals surface area contributed by atoms with Crippen molar-refractivity contribution in [2.24, 2.45) is 17.3 Å². The molecule has 0 aliphatic heterocycles. The highest BCUT2D eigenvalue weighted by molar-refractivity contribution is 5.07. The maximum Gasteiger partial charge on any atom is 0.110 e. The first-order valence-corrected chi connectivity index (χ1v) is 5.86. The zero-order chi connectivity index (χ0) is 11.3. The predicted molar refractivity (Wildman–Crippen MR) is 57.3 cm³/mol. The van der Waals surface area contributed by atoms with E-state index in [0.717, 1.165) is 6.42 Å². The highest BCUT2D eigenvalue weighted by Crippen LogP contribution is 2.58. The van der Waals surface area contributed by atoms with Gasteiger partial charge in [-0.25, -0.2) is 8.78 Å². The first-order chi connectivity index (χ1) is 6.88. The van der Waals surface area contributed by atoms with Crippen LogP contribution in [0.15, 0.2) is 0 Å². The summed E-state index contributed by atoms with van der Waals surface area (Å²) in [4.78, 5) is 0. The molecule has 0 aromatic heterocycles. The quantitative estimate of drug-likeness (QED) is 0.750. The van der Waals surface area contributed by atoms with E-state index in [9.17, 15) is 8.78 Å². The van der Waals surface area contributed by atoms with Gasteiger partial charge in [-0.2, -0.15) is 0 Å². The number of nitrogens with one attached hydrogen (secondary N) is 1. The molecule has 0 radical (unpaired) electrons. The Bertz CT molecular complexity index is 254. The highest BCUT2D eigenvalue weighted by Gasteiger charge is 2.57. The second kappa shape index (κ2) is 3.41. The van der Waals surface area contributed by atoms with E-state index in [1.165, 1.54) is 0 Å². The summed E-state index contributed by atoms with van der Waals surface area (Å²) in [5.41, 5.74) is -1.72. The monoisotopic (exact) mass is 217 g/mol. The van der Waals surface area contributed by atoms with E-state index in [1.54, 1.807) is 6.92 Å². The van der Waals surface area contributed by atoms with Crippen LogP contribution < -0.4 is 5.32 Å². The molecule has 88 valence electrons. The van der Waals surface area contributed by atoms with Crippen molar-refractivity contribution in [1.29, 1.82) is 0 Å². The van der Waals surface area contributed by atoms with Crippen LogP contribution in [0, 0.1) is 17.3 Å². The molecule has 2 aliphatic carbocycles. The van der Waals surface area contributed by atoms with E-state index in [2.05, 4.69) is 5.32 Å². The fourth-order valence-corrected chi connectivity index (χ4v) is 3.50. The molecule has 0 bridgehead atoms. The number of hydrogen-bond acceptors (Lipinski definition) is 1. The van der Waals surface area contributed by atoms with Gasteiger partial charge >= 0.3 is 0 Å². The van der Waals surface area contributed by atoms with Crippen LogP contribution in [-0.2, 0) is 0 Å². The Morgan fingerprint density at radius 3 is 2.67 bits per heavy atom. The van der Waals surface area contributed by atoms with Gasteiger partial charge in [-0.3, -0.25) is 0 Å². The molecule has 0 aromatic carbocycles. The molecule has 0 aromatic rings. The topological polar surface area (TPSA) is 12.0 Å². The lowest BCUT2D eigenvalue weighted by Crippen LogP contribution is -2.42. The van der Waals surface area contributed by atoms with E-state index in [-0.39, 0.29) is 5.92 Å². The highest BCUT2D eigenvalue weighted by atomic mass is 19.1. The largest absolute Gasteiger partial charge is 0.319 e. The van der Waals surface area contributed by atoms with Crippen molar-refractivity contribution in [3.05, 3.63) is 0 Å². The van der Waals surface area contributed by atoms with E-state index in [0.29, 0.717) is 25.3 Å². The van der Waals surface area contributed by atoms with Gasteiger partial charge in [-0.15, -0.1) is 0 Å². The molecular weight excluding hydrogens is 196 g/mol. The molecule has 5 atom stereocenters. The van der Waals surface area contributed by atoms with Crippen LogP contribution in [0.25, 0.3) is 0 Å². The van der Waals surface area contributed by atoms with Crippen molar-refractivity contribution in [3.63, 3.8) is 0 Å². The standard InChI is InChI=1S/C12H21F2N/c1-11(7-15-3)6-12(2,14)5-8-4-9(8)10(11)13/h8-10,15H,4-7H2,1-3H3/t8?,9?,10-,11?,12+/m0/s1. The number of alkyl halides is 2. The molecule has 0 spiro atoms. The zero-order valence-corrected chi connectivity index (χ0v) is 9.82. The Balaban J connectivity index is 2.20. The van der Waals surface area contributed by atoms with E-state index >= 15 is 0 Å². The normalized spacial score (nSPS) is 54.6. The van der Waals surface area contributed by atoms with Gasteiger partial charge in [0, 0.05) is 12.0 Å².